The van der Waals surface area contributed by atoms with Gasteiger partial charge in [0, 0.05) is 5.57 Å². The quantitative estimate of drug-likeness (QED) is 0.410. The molecule has 0 spiro atoms. The molecule has 0 aromatic heterocycles. The van der Waals surface area contributed by atoms with Crippen LogP contribution >= 0.6 is 0 Å². The summed E-state index contributed by atoms with van der Waals surface area (Å²) in [5.41, 5.74) is 0.646. The third-order valence-corrected chi connectivity index (χ3v) is 4.57. The molecule has 0 fully saturated rings. The van der Waals surface area contributed by atoms with E-state index in [9.17, 15) is 9.90 Å². The Morgan fingerprint density at radius 3 is 1.90 bits per heavy atom. The molecule has 0 aliphatic rings. The van der Waals surface area contributed by atoms with Crippen molar-refractivity contribution in [1.29, 1.82) is 0 Å². The zero-order chi connectivity index (χ0) is 16.1. The van der Waals surface area contributed by atoms with Gasteiger partial charge in [0.05, 0.1) is 0 Å². The zero-order valence-electron chi connectivity index (χ0n) is 14.7. The van der Waals surface area contributed by atoms with Gasteiger partial charge < -0.3 is 5.11 Å². The van der Waals surface area contributed by atoms with E-state index >= 15 is 0 Å². The smallest absolute Gasteiger partial charge is 0.331 e. The number of carbonyl (C=O) groups is 1. The monoisotopic (exact) mass is 296 g/mol. The lowest BCUT2D eigenvalue weighted by molar-refractivity contribution is -0.133. The van der Waals surface area contributed by atoms with Gasteiger partial charge in [-0.25, -0.2) is 4.79 Å². The van der Waals surface area contributed by atoms with Gasteiger partial charge in [0.1, 0.15) is 0 Å². The third-order valence-electron chi connectivity index (χ3n) is 4.57. The van der Waals surface area contributed by atoms with Crippen LogP contribution < -0.4 is 0 Å². The molecule has 0 radical (unpaired) electrons. The summed E-state index contributed by atoms with van der Waals surface area (Å²) < 4.78 is 0. The van der Waals surface area contributed by atoms with E-state index in [1.54, 1.807) is 0 Å². The first-order valence-corrected chi connectivity index (χ1v) is 9.01. The van der Waals surface area contributed by atoms with E-state index in [4.69, 9.17) is 0 Å². The van der Waals surface area contributed by atoms with Gasteiger partial charge in [-0.2, -0.15) is 0 Å². The van der Waals surface area contributed by atoms with Crippen LogP contribution in [0.2, 0.25) is 0 Å². The minimum atomic E-state index is -0.713. The van der Waals surface area contributed by atoms with Gasteiger partial charge in [-0.15, -0.1) is 0 Å². The van der Waals surface area contributed by atoms with Crippen LogP contribution in [0.15, 0.2) is 11.6 Å². The van der Waals surface area contributed by atoms with Crippen LogP contribution in [0.25, 0.3) is 0 Å². The van der Waals surface area contributed by atoms with Crippen molar-refractivity contribution in [2.24, 2.45) is 11.8 Å². The Labute approximate surface area is 132 Å². The lowest BCUT2D eigenvalue weighted by Gasteiger charge is -2.16. The fourth-order valence-corrected chi connectivity index (χ4v) is 2.80. The predicted molar refractivity (Wildman–Crippen MR) is 91.6 cm³/mol. The standard InChI is InChI=1S/C19H36O2/c1-5-9-11-16(7-3)13-14-18(19(20)21)15-17(8-4)12-10-6-2/h14,16-17H,5-13,15H2,1-4H3,(H,20,21). The number of carboxylic acid groups (broad SMARTS) is 1. The number of aliphatic carboxylic acids is 1. The lowest BCUT2D eigenvalue weighted by Crippen LogP contribution is -2.09. The largest absolute Gasteiger partial charge is 0.478 e. The van der Waals surface area contributed by atoms with Crippen molar-refractivity contribution in [3.63, 3.8) is 0 Å². The van der Waals surface area contributed by atoms with Crippen LogP contribution in [0.5, 0.6) is 0 Å². The number of rotatable bonds is 13. The maximum atomic E-state index is 11.5. The average Bonchev–Trinajstić information content (AvgIpc) is 2.49. The molecule has 2 atom stereocenters. The van der Waals surface area contributed by atoms with Crippen LogP contribution in [0, 0.1) is 11.8 Å². The first kappa shape index (κ1) is 20.2. The van der Waals surface area contributed by atoms with Gasteiger partial charge in [0.2, 0.25) is 0 Å². The molecule has 2 unspecified atom stereocenters. The van der Waals surface area contributed by atoms with E-state index in [0.29, 0.717) is 17.4 Å². The number of carboxylic acids is 1. The Hall–Kier alpha value is -0.790. The number of unbranched alkanes of at least 4 members (excludes halogenated alkanes) is 2. The molecule has 21 heavy (non-hydrogen) atoms. The third kappa shape index (κ3) is 9.71. The van der Waals surface area contributed by atoms with Crippen molar-refractivity contribution in [3.05, 3.63) is 11.6 Å². The normalized spacial score (nSPS) is 15.0. The van der Waals surface area contributed by atoms with E-state index in [0.717, 1.165) is 32.1 Å². The van der Waals surface area contributed by atoms with Crippen LogP contribution in [0.1, 0.15) is 91.9 Å². The molecule has 2 heteroatoms. The van der Waals surface area contributed by atoms with Crippen molar-refractivity contribution in [1.82, 2.24) is 0 Å². The fourth-order valence-electron chi connectivity index (χ4n) is 2.80. The SMILES string of the molecule is CCCCC(CC)CC=C(CC(CC)CCCC)C(=O)O. The summed E-state index contributed by atoms with van der Waals surface area (Å²) in [5.74, 6) is 0.466. The summed E-state index contributed by atoms with van der Waals surface area (Å²) in [7, 11) is 0. The Morgan fingerprint density at radius 1 is 0.952 bits per heavy atom. The van der Waals surface area contributed by atoms with Crippen molar-refractivity contribution in [3.8, 4) is 0 Å². The van der Waals surface area contributed by atoms with Crippen LogP contribution in [-0.4, -0.2) is 11.1 Å². The number of hydrogen-bond acceptors (Lipinski definition) is 1. The van der Waals surface area contributed by atoms with Gasteiger partial charge in [0.15, 0.2) is 0 Å². The molecule has 0 aromatic rings. The van der Waals surface area contributed by atoms with Crippen molar-refractivity contribution in [2.45, 2.75) is 91.9 Å². The molecule has 0 amide bonds. The van der Waals surface area contributed by atoms with Gasteiger partial charge in [0.25, 0.3) is 0 Å². The van der Waals surface area contributed by atoms with Crippen LogP contribution in [0.3, 0.4) is 0 Å². The summed E-state index contributed by atoms with van der Waals surface area (Å²) in [6.45, 7) is 8.80. The van der Waals surface area contributed by atoms with Crippen LogP contribution in [-0.2, 0) is 4.79 Å². The highest BCUT2D eigenvalue weighted by atomic mass is 16.4. The molecule has 124 valence electrons. The molecule has 0 heterocycles. The number of allylic oxidation sites excluding steroid dienone is 1. The maximum Gasteiger partial charge on any atom is 0.331 e. The van der Waals surface area contributed by atoms with E-state index < -0.39 is 5.97 Å². The Bertz CT molecular complexity index is 294. The molecular formula is C19H36O2. The topological polar surface area (TPSA) is 37.3 Å². The van der Waals surface area contributed by atoms with Gasteiger partial charge >= 0.3 is 5.97 Å². The average molecular weight is 296 g/mol. The van der Waals surface area contributed by atoms with Crippen molar-refractivity contribution in [2.75, 3.05) is 0 Å². The molecule has 0 aliphatic heterocycles. The minimum Gasteiger partial charge on any atom is -0.478 e. The Kier molecular flexibility index (Phi) is 12.4. The zero-order valence-corrected chi connectivity index (χ0v) is 14.7. The van der Waals surface area contributed by atoms with Crippen molar-refractivity contribution < 1.29 is 9.90 Å². The first-order valence-electron chi connectivity index (χ1n) is 9.01. The molecule has 2 nitrogen and oxygen atoms in total. The molecule has 0 saturated heterocycles. The number of hydrogen-bond donors (Lipinski definition) is 1. The summed E-state index contributed by atoms with van der Waals surface area (Å²) in [6, 6.07) is 0. The van der Waals surface area contributed by atoms with E-state index in [-0.39, 0.29) is 0 Å². The summed E-state index contributed by atoms with van der Waals surface area (Å²) >= 11 is 0. The van der Waals surface area contributed by atoms with Gasteiger partial charge in [-0.05, 0) is 24.7 Å². The second kappa shape index (κ2) is 12.9. The van der Waals surface area contributed by atoms with Gasteiger partial charge in [-0.1, -0.05) is 85.1 Å². The van der Waals surface area contributed by atoms with Gasteiger partial charge in [-0.3, -0.25) is 0 Å². The van der Waals surface area contributed by atoms with E-state index in [1.165, 1.54) is 32.1 Å². The molecule has 0 saturated carbocycles. The Balaban J connectivity index is 4.56. The molecule has 0 bridgehead atoms. The highest BCUT2D eigenvalue weighted by molar-refractivity contribution is 5.86. The second-order valence-electron chi connectivity index (χ2n) is 6.31. The molecule has 0 aliphatic carbocycles. The fraction of sp³-hybridized carbons (Fsp3) is 0.842. The predicted octanol–water partition coefficient (Wildman–Crippen LogP) is 6.21. The minimum absolute atomic E-state index is 0.531. The van der Waals surface area contributed by atoms with Crippen LogP contribution in [0.4, 0.5) is 0 Å². The van der Waals surface area contributed by atoms with E-state index in [2.05, 4.69) is 27.7 Å². The molecule has 0 aromatic carbocycles. The molecule has 1 N–H and O–H groups in total. The van der Waals surface area contributed by atoms with Crippen molar-refractivity contribution >= 4 is 5.97 Å². The first-order chi connectivity index (χ1) is 10.1. The Morgan fingerprint density at radius 2 is 1.48 bits per heavy atom. The highest BCUT2D eigenvalue weighted by Gasteiger charge is 2.15. The summed E-state index contributed by atoms with van der Waals surface area (Å²) in [5, 5.41) is 9.44. The lowest BCUT2D eigenvalue weighted by atomic mass is 9.89. The molecule has 0 rings (SSSR count). The summed E-state index contributed by atoms with van der Waals surface area (Å²) in [6.07, 6.45) is 13.2. The summed E-state index contributed by atoms with van der Waals surface area (Å²) in [4.78, 5) is 11.5. The second-order valence-corrected chi connectivity index (χ2v) is 6.31. The highest BCUT2D eigenvalue weighted by Crippen LogP contribution is 2.24. The molecular weight excluding hydrogens is 260 g/mol. The van der Waals surface area contributed by atoms with E-state index in [1.807, 2.05) is 6.08 Å². The maximum absolute atomic E-state index is 11.5.